The van der Waals surface area contributed by atoms with Gasteiger partial charge in [0.25, 0.3) is 6.04 Å². The van der Waals surface area contributed by atoms with Gasteiger partial charge in [0, 0.05) is 23.6 Å². The molecule has 10 heteroatoms. The van der Waals surface area contributed by atoms with E-state index in [2.05, 4.69) is 4.74 Å². The van der Waals surface area contributed by atoms with E-state index in [4.69, 9.17) is 10.5 Å². The second kappa shape index (κ2) is 7.88. The van der Waals surface area contributed by atoms with E-state index < -0.39 is 35.6 Å². The molecule has 1 aliphatic rings. The molecule has 1 aromatic carbocycles. The van der Waals surface area contributed by atoms with Gasteiger partial charge in [-0.15, -0.1) is 0 Å². The number of nitrogens with zero attached hydrogens (tertiary/aromatic N) is 2. The number of halogens is 1. The smallest absolute Gasteiger partial charge is 0.404 e. The van der Waals surface area contributed by atoms with Crippen LogP contribution >= 0.6 is 0 Å². The zero-order chi connectivity index (χ0) is 17.7. The summed E-state index contributed by atoms with van der Waals surface area (Å²) in [4.78, 5) is 22.8. The minimum absolute atomic E-state index is 0.0323. The minimum Gasteiger partial charge on any atom is -0.447 e. The van der Waals surface area contributed by atoms with Crippen LogP contribution in [0.15, 0.2) is 18.2 Å². The van der Waals surface area contributed by atoms with E-state index in [9.17, 15) is 24.4 Å². The van der Waals surface area contributed by atoms with Gasteiger partial charge in [0.05, 0.1) is 18.9 Å². The number of morpholine rings is 1. The minimum atomic E-state index is -1.65. The summed E-state index contributed by atoms with van der Waals surface area (Å²) in [5.41, 5.74) is 5.04. The van der Waals surface area contributed by atoms with E-state index in [1.165, 1.54) is 12.1 Å². The molecule has 9 nitrogen and oxygen atoms in total. The first-order valence-corrected chi connectivity index (χ1v) is 7.26. The van der Waals surface area contributed by atoms with Crippen LogP contribution in [0.2, 0.25) is 0 Å². The van der Waals surface area contributed by atoms with E-state index in [1.807, 2.05) is 0 Å². The Balaban J connectivity index is 2.19. The van der Waals surface area contributed by atoms with Gasteiger partial charge in [-0.05, 0) is 18.2 Å². The summed E-state index contributed by atoms with van der Waals surface area (Å²) in [6.07, 6.45) is -2.81. The van der Waals surface area contributed by atoms with E-state index in [1.54, 1.807) is 4.90 Å². The molecule has 1 aromatic rings. The zero-order valence-electron chi connectivity index (χ0n) is 12.8. The third-order valence-corrected chi connectivity index (χ3v) is 3.65. The van der Waals surface area contributed by atoms with Crippen LogP contribution in [0.5, 0.6) is 0 Å². The molecule has 3 N–H and O–H groups in total. The molecule has 1 saturated heterocycles. The highest BCUT2D eigenvalue weighted by Crippen LogP contribution is 2.27. The Kier molecular flexibility index (Phi) is 5.88. The predicted octanol–water partition coefficient (Wildman–Crippen LogP) is 0.436. The SMILES string of the molecule is NC(=O)OCC(O)C(c1ccc(N2CCOCC2)c(F)c1)[N+](=O)[O-]. The van der Waals surface area contributed by atoms with Crippen LogP contribution in [-0.2, 0) is 9.47 Å². The molecule has 132 valence electrons. The number of aliphatic hydroxyl groups excluding tert-OH is 1. The number of hydrogen-bond donors (Lipinski definition) is 2. The molecule has 0 bridgehead atoms. The van der Waals surface area contributed by atoms with Gasteiger partial charge in [0.1, 0.15) is 12.4 Å². The molecule has 0 aromatic heterocycles. The summed E-state index contributed by atoms with van der Waals surface area (Å²) in [6.45, 7) is 1.32. The zero-order valence-corrected chi connectivity index (χ0v) is 12.8. The average Bonchev–Trinajstić information content (AvgIpc) is 2.53. The molecule has 0 radical (unpaired) electrons. The number of carbonyl (C=O) groups is 1. The van der Waals surface area contributed by atoms with Gasteiger partial charge in [-0.25, -0.2) is 9.18 Å². The average molecular weight is 343 g/mol. The van der Waals surface area contributed by atoms with Gasteiger partial charge in [-0.1, -0.05) is 0 Å². The van der Waals surface area contributed by atoms with Gasteiger partial charge >= 0.3 is 6.09 Å². The van der Waals surface area contributed by atoms with Crippen molar-refractivity contribution in [1.29, 1.82) is 0 Å². The number of anilines is 1. The molecular formula is C14H18FN3O6. The normalized spacial score (nSPS) is 17.2. The second-order valence-corrected chi connectivity index (χ2v) is 5.24. The standard InChI is InChI=1S/C14H18FN3O6/c15-10-7-9(1-2-11(10)17-3-5-23-6-4-17)13(18(21)22)12(19)8-24-14(16)20/h1-2,7,12-13,19H,3-6,8H2,(H2,16,20). The quantitative estimate of drug-likeness (QED) is 0.566. The van der Waals surface area contributed by atoms with Crippen molar-refractivity contribution in [2.24, 2.45) is 5.73 Å². The Labute approximate surface area is 136 Å². The first-order valence-electron chi connectivity index (χ1n) is 7.26. The lowest BCUT2D eigenvalue weighted by atomic mass is 10.0. The summed E-state index contributed by atoms with van der Waals surface area (Å²) in [5.74, 6) is -0.635. The number of ether oxygens (including phenoxy) is 2. The van der Waals surface area contributed by atoms with Crippen molar-refractivity contribution in [3.05, 3.63) is 39.7 Å². The van der Waals surface area contributed by atoms with Crippen LogP contribution in [-0.4, -0.2) is 55.1 Å². The number of amides is 1. The van der Waals surface area contributed by atoms with Crippen molar-refractivity contribution >= 4 is 11.8 Å². The molecule has 0 spiro atoms. The van der Waals surface area contributed by atoms with E-state index in [-0.39, 0.29) is 5.56 Å². The lowest BCUT2D eigenvalue weighted by molar-refractivity contribution is -0.541. The lowest BCUT2D eigenvalue weighted by Crippen LogP contribution is -2.37. The van der Waals surface area contributed by atoms with Gasteiger partial charge in [-0.3, -0.25) is 10.1 Å². The van der Waals surface area contributed by atoms with Crippen molar-refractivity contribution < 1.29 is 28.7 Å². The maximum atomic E-state index is 14.3. The number of nitro groups is 1. The molecule has 1 fully saturated rings. The van der Waals surface area contributed by atoms with Crippen molar-refractivity contribution in [3.8, 4) is 0 Å². The van der Waals surface area contributed by atoms with Crippen molar-refractivity contribution in [2.45, 2.75) is 12.1 Å². The van der Waals surface area contributed by atoms with Crippen LogP contribution < -0.4 is 10.6 Å². The number of rotatable bonds is 6. The fraction of sp³-hybridized carbons (Fsp3) is 0.500. The van der Waals surface area contributed by atoms with Crippen LogP contribution in [0.25, 0.3) is 0 Å². The second-order valence-electron chi connectivity index (χ2n) is 5.24. The van der Waals surface area contributed by atoms with Crippen molar-refractivity contribution in [1.82, 2.24) is 0 Å². The summed E-state index contributed by atoms with van der Waals surface area (Å²) in [7, 11) is 0. The summed E-state index contributed by atoms with van der Waals surface area (Å²) < 4.78 is 23.9. The molecule has 2 atom stereocenters. The molecule has 1 amide bonds. The van der Waals surface area contributed by atoms with Gasteiger partial charge < -0.3 is 25.2 Å². The number of benzene rings is 1. The third kappa shape index (κ3) is 4.30. The van der Waals surface area contributed by atoms with E-state index >= 15 is 0 Å². The maximum absolute atomic E-state index is 14.3. The van der Waals surface area contributed by atoms with E-state index in [0.29, 0.717) is 32.0 Å². The molecule has 2 unspecified atom stereocenters. The summed E-state index contributed by atoms with van der Waals surface area (Å²) in [6, 6.07) is 2.16. The Bertz CT molecular complexity index is 608. The fourth-order valence-corrected chi connectivity index (χ4v) is 2.51. The molecular weight excluding hydrogens is 325 g/mol. The Hall–Kier alpha value is -2.46. The topological polar surface area (TPSA) is 128 Å². The third-order valence-electron chi connectivity index (χ3n) is 3.65. The van der Waals surface area contributed by atoms with Crippen LogP contribution in [0.4, 0.5) is 14.9 Å². The largest absolute Gasteiger partial charge is 0.447 e. The van der Waals surface area contributed by atoms with Gasteiger partial charge in [-0.2, -0.15) is 0 Å². The molecule has 1 heterocycles. The Morgan fingerprint density at radius 1 is 1.50 bits per heavy atom. The Morgan fingerprint density at radius 3 is 2.71 bits per heavy atom. The summed E-state index contributed by atoms with van der Waals surface area (Å²) in [5, 5.41) is 21.1. The number of aliphatic hydroxyl groups is 1. The van der Waals surface area contributed by atoms with Crippen LogP contribution in [0.3, 0.4) is 0 Å². The Morgan fingerprint density at radius 2 is 2.17 bits per heavy atom. The van der Waals surface area contributed by atoms with Crippen molar-refractivity contribution in [2.75, 3.05) is 37.8 Å². The van der Waals surface area contributed by atoms with E-state index in [0.717, 1.165) is 6.07 Å². The highest BCUT2D eigenvalue weighted by atomic mass is 19.1. The monoisotopic (exact) mass is 343 g/mol. The van der Waals surface area contributed by atoms with Gasteiger partial charge in [0.2, 0.25) is 0 Å². The highest BCUT2D eigenvalue weighted by molar-refractivity contribution is 5.64. The predicted molar refractivity (Wildman–Crippen MR) is 80.7 cm³/mol. The van der Waals surface area contributed by atoms with Crippen LogP contribution in [0, 0.1) is 15.9 Å². The van der Waals surface area contributed by atoms with Crippen LogP contribution in [0.1, 0.15) is 11.6 Å². The molecule has 1 aliphatic heterocycles. The molecule has 24 heavy (non-hydrogen) atoms. The first kappa shape index (κ1) is 17.9. The number of carbonyl (C=O) groups excluding carboxylic acids is 1. The number of primary amides is 1. The molecule has 2 rings (SSSR count). The van der Waals surface area contributed by atoms with Crippen molar-refractivity contribution in [3.63, 3.8) is 0 Å². The first-order chi connectivity index (χ1) is 11.4. The lowest BCUT2D eigenvalue weighted by Gasteiger charge is -2.29. The molecule has 0 aliphatic carbocycles. The number of hydrogen-bond acceptors (Lipinski definition) is 7. The highest BCUT2D eigenvalue weighted by Gasteiger charge is 2.33. The maximum Gasteiger partial charge on any atom is 0.404 e. The molecule has 0 saturated carbocycles. The van der Waals surface area contributed by atoms with Gasteiger partial charge in [0.15, 0.2) is 6.10 Å². The number of nitrogens with two attached hydrogens (primary N) is 1. The summed E-state index contributed by atoms with van der Waals surface area (Å²) >= 11 is 0. The fourth-order valence-electron chi connectivity index (χ4n) is 2.51.